The highest BCUT2D eigenvalue weighted by atomic mass is 35.5. The normalized spacial score (nSPS) is 19.8. The van der Waals surface area contributed by atoms with Gasteiger partial charge in [-0.2, -0.15) is 0 Å². The number of aryl methyl sites for hydroxylation is 2. The first kappa shape index (κ1) is 18.5. The van der Waals surface area contributed by atoms with E-state index in [-0.39, 0.29) is 24.2 Å². The van der Waals surface area contributed by atoms with Crippen LogP contribution in [0.3, 0.4) is 0 Å². The fourth-order valence-electron chi connectivity index (χ4n) is 3.27. The maximum Gasteiger partial charge on any atom is 0.227 e. The topological polar surface area (TPSA) is 81.2 Å². The molecule has 130 valence electrons. The van der Waals surface area contributed by atoms with Gasteiger partial charge in [-0.1, -0.05) is 12.5 Å². The van der Waals surface area contributed by atoms with Crippen molar-refractivity contribution in [3.8, 4) is 11.5 Å². The van der Waals surface area contributed by atoms with Crippen LogP contribution in [0.2, 0.25) is 0 Å². The van der Waals surface area contributed by atoms with E-state index in [9.17, 15) is 4.79 Å². The molecule has 2 aromatic rings. The van der Waals surface area contributed by atoms with Crippen molar-refractivity contribution in [2.24, 2.45) is 17.6 Å². The standard InChI is InChI=1S/C18H23N3O2.ClH/c1-11-6-7-13(18-20-12(2)10-23-18)8-16(11)21-17(22)15-5-3-4-14(15)9-19;/h6-8,10,14-15H,3-5,9,19H2,1-2H3,(H,21,22);1H/t14-,15-;/m1./s1. The van der Waals surface area contributed by atoms with Crippen molar-refractivity contribution in [2.45, 2.75) is 33.1 Å². The number of anilines is 1. The molecule has 3 N–H and O–H groups in total. The van der Waals surface area contributed by atoms with E-state index in [0.29, 0.717) is 18.4 Å². The molecule has 1 aliphatic carbocycles. The van der Waals surface area contributed by atoms with E-state index in [1.807, 2.05) is 32.0 Å². The van der Waals surface area contributed by atoms with Gasteiger partial charge in [-0.25, -0.2) is 4.98 Å². The van der Waals surface area contributed by atoms with Crippen LogP contribution >= 0.6 is 12.4 Å². The van der Waals surface area contributed by atoms with Gasteiger partial charge in [0, 0.05) is 17.2 Å². The Hall–Kier alpha value is -1.85. The summed E-state index contributed by atoms with van der Waals surface area (Å²) < 4.78 is 5.44. The maximum atomic E-state index is 12.6. The summed E-state index contributed by atoms with van der Waals surface area (Å²) in [6.07, 6.45) is 4.67. The van der Waals surface area contributed by atoms with Gasteiger partial charge in [-0.15, -0.1) is 12.4 Å². The number of hydrogen-bond acceptors (Lipinski definition) is 4. The molecule has 2 atom stereocenters. The summed E-state index contributed by atoms with van der Waals surface area (Å²) in [5.41, 5.74) is 9.32. The number of carbonyl (C=O) groups is 1. The monoisotopic (exact) mass is 349 g/mol. The highest BCUT2D eigenvalue weighted by Crippen LogP contribution is 2.33. The number of nitrogens with zero attached hydrogens (tertiary/aromatic N) is 1. The lowest BCUT2D eigenvalue weighted by atomic mass is 9.95. The van der Waals surface area contributed by atoms with Gasteiger partial charge < -0.3 is 15.5 Å². The molecule has 3 rings (SSSR count). The molecule has 1 aromatic carbocycles. The Kier molecular flexibility index (Phi) is 6.02. The molecule has 0 spiro atoms. The number of aromatic nitrogens is 1. The minimum atomic E-state index is 0. The Balaban J connectivity index is 0.00000208. The van der Waals surface area contributed by atoms with Crippen LogP contribution in [0.15, 0.2) is 28.9 Å². The van der Waals surface area contributed by atoms with Crippen LogP contribution in [0, 0.1) is 25.7 Å². The molecular weight excluding hydrogens is 326 g/mol. The molecule has 1 aromatic heterocycles. The SMILES string of the molecule is Cc1coc(-c2ccc(C)c(NC(=O)[C@@H]3CCC[C@@H]3CN)c2)n1.Cl. The Morgan fingerprint density at radius 1 is 1.38 bits per heavy atom. The van der Waals surface area contributed by atoms with Crippen molar-refractivity contribution in [1.82, 2.24) is 4.98 Å². The smallest absolute Gasteiger partial charge is 0.227 e. The number of nitrogens with one attached hydrogen (secondary N) is 1. The molecule has 0 bridgehead atoms. The Morgan fingerprint density at radius 2 is 2.17 bits per heavy atom. The van der Waals surface area contributed by atoms with Crippen LogP contribution in [0.25, 0.3) is 11.5 Å². The Bertz CT molecular complexity index is 714. The summed E-state index contributed by atoms with van der Waals surface area (Å²) in [4.78, 5) is 16.9. The first-order chi connectivity index (χ1) is 11.1. The molecule has 24 heavy (non-hydrogen) atoms. The van der Waals surface area contributed by atoms with Gasteiger partial charge in [0.1, 0.15) is 6.26 Å². The zero-order valence-corrected chi connectivity index (χ0v) is 14.9. The third-order valence-electron chi connectivity index (χ3n) is 4.66. The lowest BCUT2D eigenvalue weighted by Crippen LogP contribution is -2.30. The molecule has 0 radical (unpaired) electrons. The van der Waals surface area contributed by atoms with E-state index in [1.54, 1.807) is 6.26 Å². The number of amides is 1. The van der Waals surface area contributed by atoms with Crippen molar-refractivity contribution in [1.29, 1.82) is 0 Å². The van der Waals surface area contributed by atoms with Crippen LogP contribution in [0.5, 0.6) is 0 Å². The van der Waals surface area contributed by atoms with E-state index in [2.05, 4.69) is 10.3 Å². The van der Waals surface area contributed by atoms with Gasteiger partial charge in [-0.3, -0.25) is 4.79 Å². The maximum absolute atomic E-state index is 12.6. The average Bonchev–Trinajstić information content (AvgIpc) is 3.18. The molecule has 5 nitrogen and oxygen atoms in total. The summed E-state index contributed by atoms with van der Waals surface area (Å²) >= 11 is 0. The molecule has 1 fully saturated rings. The zero-order chi connectivity index (χ0) is 16.4. The summed E-state index contributed by atoms with van der Waals surface area (Å²) in [6, 6.07) is 5.85. The molecule has 1 amide bonds. The average molecular weight is 350 g/mol. The van der Waals surface area contributed by atoms with Gasteiger partial charge in [0.2, 0.25) is 11.8 Å². The molecule has 0 aliphatic heterocycles. The summed E-state index contributed by atoms with van der Waals surface area (Å²) in [5, 5.41) is 3.07. The molecular formula is C18H24ClN3O2. The highest BCUT2D eigenvalue weighted by molar-refractivity contribution is 5.94. The minimum absolute atomic E-state index is 0. The largest absolute Gasteiger partial charge is 0.444 e. The number of carbonyl (C=O) groups excluding carboxylic acids is 1. The van der Waals surface area contributed by atoms with Crippen LogP contribution < -0.4 is 11.1 Å². The lowest BCUT2D eigenvalue weighted by molar-refractivity contribution is -0.120. The number of hydrogen-bond donors (Lipinski definition) is 2. The summed E-state index contributed by atoms with van der Waals surface area (Å²) in [7, 11) is 0. The molecule has 0 unspecified atom stereocenters. The van der Waals surface area contributed by atoms with Crippen molar-refractivity contribution >= 4 is 24.0 Å². The molecule has 6 heteroatoms. The van der Waals surface area contributed by atoms with Crippen LogP contribution in [-0.2, 0) is 4.79 Å². The zero-order valence-electron chi connectivity index (χ0n) is 14.0. The lowest BCUT2D eigenvalue weighted by Gasteiger charge is -2.18. The summed E-state index contributed by atoms with van der Waals surface area (Å²) in [6.45, 7) is 4.44. The predicted octanol–water partition coefficient (Wildman–Crippen LogP) is 3.69. The third kappa shape index (κ3) is 3.79. The van der Waals surface area contributed by atoms with E-state index < -0.39 is 0 Å². The Morgan fingerprint density at radius 3 is 2.83 bits per heavy atom. The van der Waals surface area contributed by atoms with Crippen LogP contribution in [0.1, 0.15) is 30.5 Å². The second-order valence-electron chi connectivity index (χ2n) is 6.35. The first-order valence-corrected chi connectivity index (χ1v) is 8.12. The van der Waals surface area contributed by atoms with Gasteiger partial charge in [0.15, 0.2) is 0 Å². The number of rotatable bonds is 4. The molecule has 0 saturated heterocycles. The van der Waals surface area contributed by atoms with Crippen LogP contribution in [-0.4, -0.2) is 17.4 Å². The van der Waals surface area contributed by atoms with Gasteiger partial charge in [0.05, 0.1) is 5.69 Å². The number of nitrogens with two attached hydrogens (primary N) is 1. The summed E-state index contributed by atoms with van der Waals surface area (Å²) in [5.74, 6) is 0.959. The third-order valence-corrected chi connectivity index (χ3v) is 4.66. The molecule has 1 saturated carbocycles. The second-order valence-corrected chi connectivity index (χ2v) is 6.35. The van der Waals surface area contributed by atoms with E-state index >= 15 is 0 Å². The minimum Gasteiger partial charge on any atom is -0.444 e. The second kappa shape index (κ2) is 7.81. The fourth-order valence-corrected chi connectivity index (χ4v) is 3.27. The highest BCUT2D eigenvalue weighted by Gasteiger charge is 2.32. The predicted molar refractivity (Wildman–Crippen MR) is 97.2 cm³/mol. The molecule has 1 heterocycles. The van der Waals surface area contributed by atoms with Gasteiger partial charge in [0.25, 0.3) is 0 Å². The van der Waals surface area contributed by atoms with E-state index in [1.165, 1.54) is 0 Å². The van der Waals surface area contributed by atoms with Gasteiger partial charge >= 0.3 is 0 Å². The van der Waals surface area contributed by atoms with Crippen molar-refractivity contribution < 1.29 is 9.21 Å². The molecule has 1 aliphatic rings. The van der Waals surface area contributed by atoms with Crippen molar-refractivity contribution in [3.63, 3.8) is 0 Å². The van der Waals surface area contributed by atoms with E-state index in [4.69, 9.17) is 10.2 Å². The number of halogens is 1. The van der Waals surface area contributed by atoms with Gasteiger partial charge in [-0.05, 0) is 56.8 Å². The fraction of sp³-hybridized carbons (Fsp3) is 0.444. The van der Waals surface area contributed by atoms with Crippen molar-refractivity contribution in [2.75, 3.05) is 11.9 Å². The van der Waals surface area contributed by atoms with E-state index in [0.717, 1.165) is 41.8 Å². The quantitative estimate of drug-likeness (QED) is 0.881. The number of benzene rings is 1. The van der Waals surface area contributed by atoms with Crippen LogP contribution in [0.4, 0.5) is 5.69 Å². The Labute approximate surface area is 148 Å². The first-order valence-electron chi connectivity index (χ1n) is 8.12. The number of oxazole rings is 1. The van der Waals surface area contributed by atoms with Crippen molar-refractivity contribution in [3.05, 3.63) is 35.7 Å².